The first-order valence-electron chi connectivity index (χ1n) is 9.39. The number of carbonyl (C=O) groups excluding carboxylic acids is 1. The van der Waals surface area contributed by atoms with Crippen LogP contribution in [0.2, 0.25) is 5.28 Å². The van der Waals surface area contributed by atoms with Gasteiger partial charge in [-0.2, -0.15) is 9.37 Å². The van der Waals surface area contributed by atoms with Crippen molar-refractivity contribution in [3.63, 3.8) is 0 Å². The molecular weight excluding hydrogens is 408 g/mol. The van der Waals surface area contributed by atoms with E-state index < -0.39 is 10.9 Å². The topological polar surface area (TPSA) is 64.1 Å². The highest BCUT2D eigenvalue weighted by Crippen LogP contribution is 2.47. The molecule has 0 amide bonds. The van der Waals surface area contributed by atoms with Crippen LogP contribution in [0.4, 0.5) is 14.6 Å². The Hall–Kier alpha value is -1.80. The first-order chi connectivity index (χ1) is 13.5. The molecule has 0 unspecified atom stereocenters. The molecule has 3 fully saturated rings. The van der Waals surface area contributed by atoms with E-state index in [2.05, 4.69) is 15.3 Å². The van der Waals surface area contributed by atoms with Crippen LogP contribution in [-0.4, -0.2) is 28.6 Å². The zero-order valence-corrected chi connectivity index (χ0v) is 16.8. The Balaban J connectivity index is 1.67. The predicted octanol–water partition coefficient (Wildman–Crippen LogP) is 4.92. The number of nitrogens with one attached hydrogen (secondary N) is 1. The third kappa shape index (κ3) is 3.59. The highest BCUT2D eigenvalue weighted by atomic mass is 35.5. The number of anilines is 1. The van der Waals surface area contributed by atoms with Crippen molar-refractivity contribution in [1.29, 1.82) is 0 Å². The van der Waals surface area contributed by atoms with Gasteiger partial charge in [0.15, 0.2) is 16.8 Å². The molecule has 2 heterocycles. The largest absolute Gasteiger partial charge is 0.466 e. The van der Waals surface area contributed by atoms with Gasteiger partial charge in [-0.15, -0.1) is 11.3 Å². The summed E-state index contributed by atoms with van der Waals surface area (Å²) in [6.07, 6.45) is 3.89. The van der Waals surface area contributed by atoms with Crippen LogP contribution in [0.3, 0.4) is 0 Å². The van der Waals surface area contributed by atoms with Crippen molar-refractivity contribution >= 4 is 34.7 Å². The highest BCUT2D eigenvalue weighted by molar-refractivity contribution is 7.13. The molecule has 0 aromatic carbocycles. The zero-order chi connectivity index (χ0) is 19.8. The van der Waals surface area contributed by atoms with E-state index in [4.69, 9.17) is 16.3 Å². The van der Waals surface area contributed by atoms with E-state index in [1.807, 2.05) is 0 Å². The molecule has 0 saturated heterocycles. The van der Waals surface area contributed by atoms with E-state index in [-0.39, 0.29) is 46.6 Å². The summed E-state index contributed by atoms with van der Waals surface area (Å²) >= 11 is 6.80. The van der Waals surface area contributed by atoms with Crippen LogP contribution in [0.1, 0.15) is 32.6 Å². The van der Waals surface area contributed by atoms with Crippen LogP contribution in [0.25, 0.3) is 10.6 Å². The fraction of sp³-hybridized carbons (Fsp3) is 0.526. The van der Waals surface area contributed by atoms with E-state index >= 15 is 4.39 Å². The maximum absolute atomic E-state index is 15.1. The number of esters is 1. The van der Waals surface area contributed by atoms with Crippen molar-refractivity contribution in [3.8, 4) is 10.6 Å². The number of aromatic nitrogens is 2. The number of carbonyl (C=O) groups is 1. The number of halogens is 3. The van der Waals surface area contributed by atoms with Gasteiger partial charge in [0, 0.05) is 6.04 Å². The number of nitrogens with zero attached hydrogens (tertiary/aromatic N) is 2. The summed E-state index contributed by atoms with van der Waals surface area (Å²) in [4.78, 5) is 20.8. The van der Waals surface area contributed by atoms with Crippen LogP contribution in [0, 0.1) is 28.7 Å². The number of rotatable bonds is 5. The predicted molar refractivity (Wildman–Crippen MR) is 103 cm³/mol. The molecule has 2 aromatic heterocycles. The molecule has 2 bridgehead atoms. The molecule has 0 aliphatic heterocycles. The number of ether oxygens (including phenoxy) is 1. The van der Waals surface area contributed by atoms with Crippen LogP contribution < -0.4 is 5.32 Å². The van der Waals surface area contributed by atoms with E-state index in [0.29, 0.717) is 11.5 Å². The molecule has 3 saturated carbocycles. The van der Waals surface area contributed by atoms with E-state index in [0.717, 1.165) is 37.0 Å². The summed E-state index contributed by atoms with van der Waals surface area (Å²) in [5, 5.41) is 2.55. The van der Waals surface area contributed by atoms with Crippen molar-refractivity contribution < 1.29 is 18.3 Å². The Kier molecular flexibility index (Phi) is 5.51. The van der Waals surface area contributed by atoms with E-state index in [1.54, 1.807) is 6.92 Å². The number of fused-ring (bicyclic) bond motifs is 3. The lowest BCUT2D eigenvalue weighted by Crippen LogP contribution is -2.52. The average molecular weight is 428 g/mol. The van der Waals surface area contributed by atoms with Crippen LogP contribution >= 0.6 is 22.9 Å². The Bertz CT molecular complexity index is 886. The van der Waals surface area contributed by atoms with Crippen LogP contribution in [-0.2, 0) is 9.53 Å². The molecule has 3 aliphatic carbocycles. The van der Waals surface area contributed by atoms with Gasteiger partial charge in [-0.25, -0.2) is 9.37 Å². The van der Waals surface area contributed by atoms with Crippen LogP contribution in [0.5, 0.6) is 0 Å². The second kappa shape index (κ2) is 7.91. The van der Waals surface area contributed by atoms with Gasteiger partial charge in [-0.1, -0.05) is 0 Å². The molecule has 28 heavy (non-hydrogen) atoms. The lowest BCUT2D eigenvalue weighted by atomic mass is 9.61. The number of hydrogen-bond acceptors (Lipinski definition) is 6. The lowest BCUT2D eigenvalue weighted by molar-refractivity contribution is -0.154. The maximum Gasteiger partial charge on any atom is 0.311 e. The summed E-state index contributed by atoms with van der Waals surface area (Å²) < 4.78 is 33.8. The van der Waals surface area contributed by atoms with Gasteiger partial charge in [0.25, 0.3) is 0 Å². The second-order valence-corrected chi connectivity index (χ2v) is 8.60. The SMILES string of the molecule is CCOC(=O)[C@H]1C2CCC(CC2)[C@@H]1Nc1nc(Cl)nc(-c2ccc(F)s2)c1F. The molecule has 5 rings (SSSR count). The molecule has 3 aliphatic rings. The third-order valence-electron chi connectivity index (χ3n) is 5.71. The minimum Gasteiger partial charge on any atom is -0.466 e. The minimum atomic E-state index is -0.699. The summed E-state index contributed by atoms with van der Waals surface area (Å²) in [5.41, 5.74) is -0.0509. The van der Waals surface area contributed by atoms with Gasteiger partial charge >= 0.3 is 5.97 Å². The van der Waals surface area contributed by atoms with Gasteiger partial charge in [-0.05, 0) is 68.2 Å². The van der Waals surface area contributed by atoms with E-state index in [1.165, 1.54) is 12.1 Å². The van der Waals surface area contributed by atoms with Gasteiger partial charge < -0.3 is 10.1 Å². The highest BCUT2D eigenvalue weighted by Gasteiger charge is 2.48. The van der Waals surface area contributed by atoms with Crippen molar-refractivity contribution in [1.82, 2.24) is 9.97 Å². The Labute approximate surface area is 170 Å². The quantitative estimate of drug-likeness (QED) is 0.542. The fourth-order valence-electron chi connectivity index (χ4n) is 4.51. The van der Waals surface area contributed by atoms with Crippen molar-refractivity contribution in [2.75, 3.05) is 11.9 Å². The molecular formula is C19H20ClF2N3O2S. The Morgan fingerprint density at radius 1 is 1.25 bits per heavy atom. The average Bonchev–Trinajstić information content (AvgIpc) is 3.11. The van der Waals surface area contributed by atoms with E-state index in [9.17, 15) is 9.18 Å². The smallest absolute Gasteiger partial charge is 0.311 e. The summed E-state index contributed by atoms with van der Waals surface area (Å²) in [7, 11) is 0. The maximum atomic E-state index is 15.1. The fourth-order valence-corrected chi connectivity index (χ4v) is 5.40. The van der Waals surface area contributed by atoms with Crippen molar-refractivity contribution in [3.05, 3.63) is 28.4 Å². The monoisotopic (exact) mass is 427 g/mol. The molecule has 2 aromatic rings. The number of hydrogen-bond donors (Lipinski definition) is 1. The molecule has 0 spiro atoms. The lowest BCUT2D eigenvalue weighted by Gasteiger charge is -2.47. The molecule has 150 valence electrons. The molecule has 0 radical (unpaired) electrons. The third-order valence-corrected chi connectivity index (χ3v) is 6.76. The Morgan fingerprint density at radius 2 is 1.96 bits per heavy atom. The molecule has 5 nitrogen and oxygen atoms in total. The summed E-state index contributed by atoms with van der Waals surface area (Å²) in [6, 6.07) is 2.43. The van der Waals surface area contributed by atoms with Crippen LogP contribution in [0.15, 0.2) is 12.1 Å². The number of thiophene rings is 1. The molecule has 1 N–H and O–H groups in total. The normalized spacial score (nSPS) is 26.3. The van der Waals surface area contributed by atoms with Gasteiger partial charge in [-0.3, -0.25) is 4.79 Å². The van der Waals surface area contributed by atoms with Gasteiger partial charge in [0.1, 0.15) is 5.69 Å². The summed E-state index contributed by atoms with van der Waals surface area (Å²) in [6.45, 7) is 2.08. The standard InChI is InChI=1S/C19H20ClF2N3O2S/c1-2-27-18(26)13-9-3-5-10(6-4-9)15(13)23-17-14(22)16(24-19(20)25-17)11-7-8-12(21)28-11/h7-10,13,15H,2-6H2,1H3,(H,23,24,25)/t9?,10?,13-,15-/m0/s1. The second-order valence-electron chi connectivity index (χ2n) is 7.23. The Morgan fingerprint density at radius 3 is 2.61 bits per heavy atom. The first-order valence-corrected chi connectivity index (χ1v) is 10.6. The van der Waals surface area contributed by atoms with Gasteiger partial charge in [0.2, 0.25) is 5.28 Å². The molecule has 2 atom stereocenters. The minimum absolute atomic E-state index is 0.0509. The first kappa shape index (κ1) is 19.5. The summed E-state index contributed by atoms with van der Waals surface area (Å²) in [5.74, 6) is -0.910. The zero-order valence-electron chi connectivity index (χ0n) is 15.3. The van der Waals surface area contributed by atoms with Crippen molar-refractivity contribution in [2.24, 2.45) is 17.8 Å². The molecule has 9 heteroatoms. The van der Waals surface area contributed by atoms with Crippen molar-refractivity contribution in [2.45, 2.75) is 38.6 Å². The van der Waals surface area contributed by atoms with Gasteiger partial charge in [0.05, 0.1) is 17.4 Å².